The number of benzene rings is 1. The summed E-state index contributed by atoms with van der Waals surface area (Å²) in [5, 5.41) is 0. The zero-order valence-electron chi connectivity index (χ0n) is 10.6. The number of esters is 1. The van der Waals surface area contributed by atoms with Crippen molar-refractivity contribution < 1.29 is 13.9 Å². The largest absolute Gasteiger partial charge is 0.465 e. The van der Waals surface area contributed by atoms with Crippen molar-refractivity contribution in [2.75, 3.05) is 19.1 Å². The molecule has 98 valence electrons. The predicted octanol–water partition coefficient (Wildman–Crippen LogP) is 2.78. The molecule has 0 N–H and O–H groups in total. The Morgan fingerprint density at radius 2 is 2.11 bits per heavy atom. The Balaban J connectivity index is 2.34. The van der Waals surface area contributed by atoms with E-state index < -0.39 is 5.97 Å². The number of pyridine rings is 1. The normalized spacial score (nSPS) is 10.1. The van der Waals surface area contributed by atoms with Gasteiger partial charge in [-0.2, -0.15) is 0 Å². The highest BCUT2D eigenvalue weighted by Gasteiger charge is 2.10. The van der Waals surface area contributed by atoms with Crippen molar-refractivity contribution in [1.82, 2.24) is 4.98 Å². The summed E-state index contributed by atoms with van der Waals surface area (Å²) in [4.78, 5) is 17.3. The number of ether oxygens (including phenoxy) is 1. The SMILES string of the molecule is COC(=O)c1ccnc(N(C)c2cccc(F)c2)c1. The van der Waals surface area contributed by atoms with Crippen molar-refractivity contribution in [2.24, 2.45) is 0 Å². The van der Waals surface area contributed by atoms with Crippen LogP contribution in [0.25, 0.3) is 0 Å². The van der Waals surface area contributed by atoms with E-state index in [-0.39, 0.29) is 5.82 Å². The molecule has 4 nitrogen and oxygen atoms in total. The standard InChI is InChI=1S/C14H13FN2O2/c1-17(12-5-3-4-11(15)9-12)13-8-10(6-7-16-13)14(18)19-2/h3-9H,1-2H3. The van der Waals surface area contributed by atoms with Gasteiger partial charge in [0, 0.05) is 18.9 Å². The fourth-order valence-corrected chi connectivity index (χ4v) is 1.66. The van der Waals surface area contributed by atoms with Gasteiger partial charge in [-0.3, -0.25) is 0 Å². The van der Waals surface area contributed by atoms with Crippen molar-refractivity contribution in [1.29, 1.82) is 0 Å². The van der Waals surface area contributed by atoms with Gasteiger partial charge >= 0.3 is 5.97 Å². The maximum absolute atomic E-state index is 13.2. The number of rotatable bonds is 3. The first-order valence-electron chi connectivity index (χ1n) is 5.65. The zero-order chi connectivity index (χ0) is 13.8. The lowest BCUT2D eigenvalue weighted by atomic mass is 10.2. The van der Waals surface area contributed by atoms with Gasteiger partial charge in [0.05, 0.1) is 12.7 Å². The number of hydrogen-bond acceptors (Lipinski definition) is 4. The summed E-state index contributed by atoms with van der Waals surface area (Å²) in [6.07, 6.45) is 1.51. The Labute approximate surface area is 110 Å². The van der Waals surface area contributed by atoms with Crippen molar-refractivity contribution in [3.63, 3.8) is 0 Å². The third-order valence-electron chi connectivity index (χ3n) is 2.71. The van der Waals surface area contributed by atoms with Crippen LogP contribution in [0.15, 0.2) is 42.6 Å². The Kier molecular flexibility index (Phi) is 3.75. The second kappa shape index (κ2) is 5.48. The molecule has 2 rings (SSSR count). The molecule has 0 unspecified atom stereocenters. The van der Waals surface area contributed by atoms with Gasteiger partial charge in [-0.25, -0.2) is 14.2 Å². The first kappa shape index (κ1) is 13.0. The molecule has 0 aliphatic carbocycles. The van der Waals surface area contributed by atoms with E-state index in [0.29, 0.717) is 17.1 Å². The van der Waals surface area contributed by atoms with Crippen LogP contribution in [0, 0.1) is 5.82 Å². The van der Waals surface area contributed by atoms with Crippen LogP contribution in [0.2, 0.25) is 0 Å². The van der Waals surface area contributed by atoms with Crippen LogP contribution in [-0.2, 0) is 4.74 Å². The molecule has 0 saturated carbocycles. The predicted molar refractivity (Wildman–Crippen MR) is 70.0 cm³/mol. The second-order valence-corrected chi connectivity index (χ2v) is 3.93. The van der Waals surface area contributed by atoms with Gasteiger partial charge in [-0.15, -0.1) is 0 Å². The third-order valence-corrected chi connectivity index (χ3v) is 2.71. The van der Waals surface area contributed by atoms with Gasteiger partial charge < -0.3 is 9.64 Å². The molecule has 19 heavy (non-hydrogen) atoms. The van der Waals surface area contributed by atoms with E-state index in [4.69, 9.17) is 0 Å². The maximum Gasteiger partial charge on any atom is 0.338 e. The lowest BCUT2D eigenvalue weighted by Crippen LogP contribution is -2.12. The fraction of sp³-hybridized carbons (Fsp3) is 0.143. The number of carbonyl (C=O) groups is 1. The van der Waals surface area contributed by atoms with Crippen LogP contribution in [0.4, 0.5) is 15.9 Å². The van der Waals surface area contributed by atoms with Crippen LogP contribution in [0.3, 0.4) is 0 Å². The molecule has 1 aromatic carbocycles. The highest BCUT2D eigenvalue weighted by Crippen LogP contribution is 2.22. The Morgan fingerprint density at radius 3 is 2.79 bits per heavy atom. The molecule has 0 bridgehead atoms. The minimum Gasteiger partial charge on any atom is -0.465 e. The van der Waals surface area contributed by atoms with Crippen molar-refractivity contribution in [3.05, 3.63) is 54.0 Å². The average molecular weight is 260 g/mol. The summed E-state index contributed by atoms with van der Waals surface area (Å²) in [5.41, 5.74) is 1.05. The van der Waals surface area contributed by atoms with Crippen molar-refractivity contribution >= 4 is 17.5 Å². The van der Waals surface area contributed by atoms with Crippen LogP contribution in [0.1, 0.15) is 10.4 Å². The Hall–Kier alpha value is -2.43. The number of hydrogen-bond donors (Lipinski definition) is 0. The third kappa shape index (κ3) is 2.88. The van der Waals surface area contributed by atoms with E-state index >= 15 is 0 Å². The topological polar surface area (TPSA) is 42.4 Å². The summed E-state index contributed by atoms with van der Waals surface area (Å²) in [7, 11) is 3.07. The Morgan fingerprint density at radius 1 is 1.32 bits per heavy atom. The molecule has 0 spiro atoms. The lowest BCUT2D eigenvalue weighted by molar-refractivity contribution is 0.0600. The second-order valence-electron chi connectivity index (χ2n) is 3.93. The molecule has 2 aromatic rings. The number of anilines is 2. The minimum atomic E-state index is -0.434. The summed E-state index contributed by atoms with van der Waals surface area (Å²) in [5.74, 6) is -0.224. The van der Waals surface area contributed by atoms with Gasteiger partial charge in [0.15, 0.2) is 0 Å². The number of methoxy groups -OCH3 is 1. The van der Waals surface area contributed by atoms with Crippen molar-refractivity contribution in [3.8, 4) is 0 Å². The molecule has 0 aliphatic rings. The minimum absolute atomic E-state index is 0.325. The highest BCUT2D eigenvalue weighted by molar-refractivity contribution is 5.90. The van der Waals surface area contributed by atoms with E-state index in [9.17, 15) is 9.18 Å². The van der Waals surface area contributed by atoms with Crippen LogP contribution in [0.5, 0.6) is 0 Å². The van der Waals surface area contributed by atoms with Gasteiger partial charge in [0.1, 0.15) is 11.6 Å². The number of nitrogens with zero attached hydrogens (tertiary/aromatic N) is 2. The molecule has 0 amide bonds. The van der Waals surface area contributed by atoms with Crippen molar-refractivity contribution in [2.45, 2.75) is 0 Å². The molecule has 0 saturated heterocycles. The molecule has 0 atom stereocenters. The summed E-state index contributed by atoms with van der Waals surface area (Å²) >= 11 is 0. The molecular weight excluding hydrogens is 247 g/mol. The van der Waals surface area contributed by atoms with E-state index in [0.717, 1.165) is 0 Å². The fourth-order valence-electron chi connectivity index (χ4n) is 1.66. The molecule has 0 aliphatic heterocycles. The average Bonchev–Trinajstić information content (AvgIpc) is 2.45. The first-order chi connectivity index (χ1) is 9.11. The van der Waals surface area contributed by atoms with Gasteiger partial charge in [0.25, 0.3) is 0 Å². The summed E-state index contributed by atoms with van der Waals surface area (Å²) in [6.45, 7) is 0. The lowest BCUT2D eigenvalue weighted by Gasteiger charge is -2.18. The quantitative estimate of drug-likeness (QED) is 0.796. The maximum atomic E-state index is 13.2. The highest BCUT2D eigenvalue weighted by atomic mass is 19.1. The molecule has 0 fully saturated rings. The molecule has 0 radical (unpaired) electrons. The van der Waals surface area contributed by atoms with Crippen LogP contribution < -0.4 is 4.90 Å². The first-order valence-corrected chi connectivity index (χ1v) is 5.65. The zero-order valence-corrected chi connectivity index (χ0v) is 10.6. The summed E-state index contributed by atoms with van der Waals surface area (Å²) in [6, 6.07) is 9.30. The smallest absolute Gasteiger partial charge is 0.338 e. The number of carbonyl (C=O) groups excluding carboxylic acids is 1. The molecule has 1 heterocycles. The molecule has 1 aromatic heterocycles. The molecular formula is C14H13FN2O2. The van der Waals surface area contributed by atoms with Crippen LogP contribution >= 0.6 is 0 Å². The van der Waals surface area contributed by atoms with Gasteiger partial charge in [-0.1, -0.05) is 6.07 Å². The van der Waals surface area contributed by atoms with E-state index in [1.807, 2.05) is 0 Å². The monoisotopic (exact) mass is 260 g/mol. The van der Waals surface area contributed by atoms with E-state index in [1.54, 1.807) is 36.2 Å². The van der Waals surface area contributed by atoms with Crippen LogP contribution in [-0.4, -0.2) is 25.1 Å². The number of halogens is 1. The molecule has 5 heteroatoms. The van der Waals surface area contributed by atoms with E-state index in [2.05, 4.69) is 9.72 Å². The number of aromatic nitrogens is 1. The summed E-state index contributed by atoms with van der Waals surface area (Å²) < 4.78 is 17.8. The van der Waals surface area contributed by atoms with Gasteiger partial charge in [-0.05, 0) is 30.3 Å². The van der Waals surface area contributed by atoms with E-state index in [1.165, 1.54) is 25.4 Å². The van der Waals surface area contributed by atoms with Gasteiger partial charge in [0.2, 0.25) is 0 Å². The Bertz CT molecular complexity index is 602.